The number of aryl methyl sites for hydroxylation is 1. The second-order valence-corrected chi connectivity index (χ2v) is 9.43. The molecular formula is C16H15FN2O3S3. The standard InChI is InChI=1S/C16H15FN2O3S3/c1-11-18-13(7-23-11)9-25(20,21)10-14-8-24-16(19-14)6-22-15-4-2-12(17)3-5-15/h2-5,7-8H,6,9-10H2,1H3. The van der Waals surface area contributed by atoms with E-state index in [2.05, 4.69) is 9.97 Å². The summed E-state index contributed by atoms with van der Waals surface area (Å²) in [5.74, 6) is -0.0125. The molecule has 25 heavy (non-hydrogen) atoms. The van der Waals surface area contributed by atoms with Crippen molar-refractivity contribution < 1.29 is 17.5 Å². The van der Waals surface area contributed by atoms with Gasteiger partial charge in [0.05, 0.1) is 27.9 Å². The summed E-state index contributed by atoms with van der Waals surface area (Å²) in [6.45, 7) is 2.05. The van der Waals surface area contributed by atoms with Gasteiger partial charge in [0, 0.05) is 10.8 Å². The molecule has 0 fully saturated rings. The van der Waals surface area contributed by atoms with Crippen LogP contribution in [0.3, 0.4) is 0 Å². The molecule has 3 rings (SSSR count). The minimum absolute atomic E-state index is 0.0870. The molecule has 0 saturated heterocycles. The van der Waals surface area contributed by atoms with Crippen LogP contribution in [0.4, 0.5) is 4.39 Å². The van der Waals surface area contributed by atoms with E-state index in [-0.39, 0.29) is 23.9 Å². The number of halogens is 1. The number of rotatable bonds is 7. The third kappa shape index (κ3) is 5.32. The maximum Gasteiger partial charge on any atom is 0.161 e. The molecule has 2 aromatic heterocycles. The van der Waals surface area contributed by atoms with E-state index >= 15 is 0 Å². The van der Waals surface area contributed by atoms with E-state index < -0.39 is 9.84 Å². The summed E-state index contributed by atoms with van der Waals surface area (Å²) in [6.07, 6.45) is 0. The normalized spacial score (nSPS) is 11.6. The van der Waals surface area contributed by atoms with E-state index in [9.17, 15) is 12.8 Å². The Bertz CT molecular complexity index is 949. The molecular weight excluding hydrogens is 383 g/mol. The number of benzene rings is 1. The zero-order valence-electron chi connectivity index (χ0n) is 13.3. The van der Waals surface area contributed by atoms with Gasteiger partial charge in [-0.05, 0) is 31.2 Å². The van der Waals surface area contributed by atoms with Gasteiger partial charge in [-0.15, -0.1) is 22.7 Å². The first-order valence-electron chi connectivity index (χ1n) is 7.33. The highest BCUT2D eigenvalue weighted by molar-refractivity contribution is 7.89. The Balaban J connectivity index is 1.58. The molecule has 0 bridgehead atoms. The molecule has 2 heterocycles. The van der Waals surface area contributed by atoms with Crippen molar-refractivity contribution in [1.29, 1.82) is 0 Å². The van der Waals surface area contributed by atoms with Gasteiger partial charge in [-0.2, -0.15) is 0 Å². The van der Waals surface area contributed by atoms with Crippen LogP contribution in [0.1, 0.15) is 21.4 Å². The van der Waals surface area contributed by atoms with Crippen molar-refractivity contribution in [1.82, 2.24) is 9.97 Å². The molecule has 9 heteroatoms. The van der Waals surface area contributed by atoms with E-state index in [1.165, 1.54) is 46.9 Å². The zero-order valence-corrected chi connectivity index (χ0v) is 15.8. The number of ether oxygens (including phenoxy) is 1. The molecule has 1 aromatic carbocycles. The van der Waals surface area contributed by atoms with Gasteiger partial charge in [-0.25, -0.2) is 22.8 Å². The van der Waals surface area contributed by atoms with Gasteiger partial charge < -0.3 is 4.74 Å². The van der Waals surface area contributed by atoms with Crippen molar-refractivity contribution in [3.8, 4) is 5.75 Å². The monoisotopic (exact) mass is 398 g/mol. The fraction of sp³-hybridized carbons (Fsp3) is 0.250. The van der Waals surface area contributed by atoms with Crippen molar-refractivity contribution in [2.45, 2.75) is 25.0 Å². The van der Waals surface area contributed by atoms with Gasteiger partial charge >= 0.3 is 0 Å². The van der Waals surface area contributed by atoms with Crippen LogP contribution in [0, 0.1) is 12.7 Å². The van der Waals surface area contributed by atoms with Crippen molar-refractivity contribution in [3.05, 3.63) is 62.2 Å². The fourth-order valence-electron chi connectivity index (χ4n) is 2.13. The molecule has 0 amide bonds. The quantitative estimate of drug-likeness (QED) is 0.606. The summed E-state index contributed by atoms with van der Waals surface area (Å²) in [4.78, 5) is 8.48. The summed E-state index contributed by atoms with van der Waals surface area (Å²) in [7, 11) is -3.33. The molecule has 0 atom stereocenters. The predicted octanol–water partition coefficient (Wildman–Crippen LogP) is 3.74. The van der Waals surface area contributed by atoms with E-state index in [4.69, 9.17) is 4.74 Å². The minimum atomic E-state index is -3.33. The third-order valence-corrected chi connectivity index (χ3v) is 6.34. The van der Waals surface area contributed by atoms with Crippen molar-refractivity contribution in [2.24, 2.45) is 0 Å². The summed E-state index contributed by atoms with van der Waals surface area (Å²) < 4.78 is 42.9. The van der Waals surface area contributed by atoms with Crippen molar-refractivity contribution in [3.63, 3.8) is 0 Å². The van der Waals surface area contributed by atoms with Crippen molar-refractivity contribution in [2.75, 3.05) is 0 Å². The van der Waals surface area contributed by atoms with E-state index in [1.807, 2.05) is 6.92 Å². The van der Waals surface area contributed by atoms with Crippen LogP contribution >= 0.6 is 22.7 Å². The Hall–Kier alpha value is -1.84. The first kappa shape index (κ1) is 18.0. The van der Waals surface area contributed by atoms with Crippen molar-refractivity contribution >= 4 is 32.5 Å². The molecule has 0 N–H and O–H groups in total. The highest BCUT2D eigenvalue weighted by atomic mass is 32.2. The average molecular weight is 399 g/mol. The van der Waals surface area contributed by atoms with E-state index in [0.717, 1.165) is 5.01 Å². The van der Waals surface area contributed by atoms with Gasteiger partial charge in [0.15, 0.2) is 9.84 Å². The van der Waals surface area contributed by atoms with Gasteiger partial charge in [-0.1, -0.05) is 0 Å². The molecule has 132 valence electrons. The second-order valence-electron chi connectivity index (χ2n) is 5.37. The largest absolute Gasteiger partial charge is 0.486 e. The summed E-state index contributed by atoms with van der Waals surface area (Å²) in [6, 6.07) is 5.69. The van der Waals surface area contributed by atoms with Gasteiger partial charge in [0.1, 0.15) is 23.2 Å². The molecule has 0 radical (unpaired) electrons. The van der Waals surface area contributed by atoms with Crippen LogP contribution in [-0.2, 0) is 27.9 Å². The highest BCUT2D eigenvalue weighted by Gasteiger charge is 2.17. The molecule has 0 aliphatic heterocycles. The summed E-state index contributed by atoms with van der Waals surface area (Å²) in [5.41, 5.74) is 1.06. The molecule has 0 saturated carbocycles. The first-order chi connectivity index (χ1) is 11.9. The van der Waals surface area contributed by atoms with Gasteiger partial charge in [-0.3, -0.25) is 0 Å². The van der Waals surface area contributed by atoms with Crippen LogP contribution in [0.25, 0.3) is 0 Å². The minimum Gasteiger partial charge on any atom is -0.486 e. The number of aromatic nitrogens is 2. The van der Waals surface area contributed by atoms with Gasteiger partial charge in [0.2, 0.25) is 0 Å². The molecule has 3 aromatic rings. The van der Waals surface area contributed by atoms with Crippen LogP contribution < -0.4 is 4.74 Å². The second kappa shape index (κ2) is 7.59. The maximum atomic E-state index is 12.8. The van der Waals surface area contributed by atoms with Crippen LogP contribution in [0.15, 0.2) is 35.0 Å². The lowest BCUT2D eigenvalue weighted by molar-refractivity contribution is 0.305. The number of sulfone groups is 1. The average Bonchev–Trinajstić information content (AvgIpc) is 3.15. The van der Waals surface area contributed by atoms with E-state index in [1.54, 1.807) is 10.8 Å². The lowest BCUT2D eigenvalue weighted by Crippen LogP contribution is -2.08. The Labute approximate surface area is 153 Å². The lowest BCUT2D eigenvalue weighted by atomic mass is 10.3. The Morgan fingerprint density at radius 1 is 1.04 bits per heavy atom. The number of hydrogen-bond acceptors (Lipinski definition) is 7. The molecule has 0 aliphatic rings. The van der Waals surface area contributed by atoms with E-state index in [0.29, 0.717) is 22.1 Å². The Kier molecular flexibility index (Phi) is 5.45. The summed E-state index contributed by atoms with van der Waals surface area (Å²) in [5, 5.41) is 4.99. The topological polar surface area (TPSA) is 69.2 Å². The third-order valence-electron chi connectivity index (χ3n) is 3.18. The predicted molar refractivity (Wildman–Crippen MR) is 96.0 cm³/mol. The molecule has 5 nitrogen and oxygen atoms in total. The van der Waals surface area contributed by atoms with Crippen LogP contribution in [0.5, 0.6) is 5.75 Å². The zero-order chi connectivity index (χ0) is 17.9. The highest BCUT2D eigenvalue weighted by Crippen LogP contribution is 2.19. The maximum absolute atomic E-state index is 12.8. The molecule has 0 aliphatic carbocycles. The molecule has 0 unspecified atom stereocenters. The Morgan fingerprint density at radius 2 is 1.68 bits per heavy atom. The van der Waals surface area contributed by atoms with Crippen LogP contribution in [0.2, 0.25) is 0 Å². The number of nitrogens with zero attached hydrogens (tertiary/aromatic N) is 2. The SMILES string of the molecule is Cc1nc(CS(=O)(=O)Cc2csc(COc3ccc(F)cc3)n2)cs1. The number of thiazole rings is 2. The first-order valence-corrected chi connectivity index (χ1v) is 10.9. The number of hydrogen-bond donors (Lipinski definition) is 0. The van der Waals surface area contributed by atoms with Gasteiger partial charge in [0.25, 0.3) is 0 Å². The molecule has 0 spiro atoms. The summed E-state index contributed by atoms with van der Waals surface area (Å²) >= 11 is 2.77. The smallest absolute Gasteiger partial charge is 0.161 e. The Morgan fingerprint density at radius 3 is 2.32 bits per heavy atom. The fourth-order valence-corrected chi connectivity index (χ4v) is 4.96. The lowest BCUT2D eigenvalue weighted by Gasteiger charge is -2.03. The van der Waals surface area contributed by atoms with Crippen LogP contribution in [-0.4, -0.2) is 18.4 Å².